The Kier molecular flexibility index (Phi) is 1.53. The fourth-order valence-electron chi connectivity index (χ4n) is 1.04. The normalized spacial score (nSPS) is 11.2. The van der Waals surface area contributed by atoms with Crippen LogP contribution >= 0.6 is 0 Å². The minimum atomic E-state index is 0.395. The maximum atomic E-state index is 4.22. The van der Waals surface area contributed by atoms with E-state index in [4.69, 9.17) is 0 Å². The third kappa shape index (κ3) is 1.05. The highest BCUT2D eigenvalue weighted by Gasteiger charge is 2.08. The summed E-state index contributed by atoms with van der Waals surface area (Å²) in [4.78, 5) is 15.4. The summed E-state index contributed by atoms with van der Waals surface area (Å²) in [5.74, 6) is 2.16. The van der Waals surface area contributed by atoms with E-state index in [1.165, 1.54) is 6.33 Å². The second kappa shape index (κ2) is 2.55. The molecule has 0 saturated carbocycles. The summed E-state index contributed by atoms with van der Waals surface area (Å²) in [5.41, 5.74) is 0.819. The van der Waals surface area contributed by atoms with Crippen molar-refractivity contribution in [3.05, 3.63) is 18.3 Å². The van der Waals surface area contributed by atoms with Crippen molar-refractivity contribution >= 4 is 0 Å². The largest absolute Gasteiger partial charge is 0.326 e. The lowest BCUT2D eigenvalue weighted by molar-refractivity contribution is 0.772. The second-order valence-electron chi connectivity index (χ2n) is 3.03. The molecule has 1 N–H and O–H groups in total. The molecule has 0 fully saturated rings. The van der Waals surface area contributed by atoms with Crippen LogP contribution in [0, 0.1) is 0 Å². The van der Waals surface area contributed by atoms with Gasteiger partial charge in [-0.2, -0.15) is 0 Å². The molecule has 4 heteroatoms. The molecular weight excluding hydrogens is 152 g/mol. The molecule has 0 unspecified atom stereocenters. The lowest BCUT2D eigenvalue weighted by Gasteiger charge is -2.04. The minimum absolute atomic E-state index is 0.395. The lowest BCUT2D eigenvalue weighted by atomic mass is 10.2. The third-order valence-corrected chi connectivity index (χ3v) is 1.75. The number of aromatic amines is 1. The van der Waals surface area contributed by atoms with Crippen molar-refractivity contribution in [2.45, 2.75) is 19.8 Å². The average Bonchev–Trinajstić information content (AvgIpc) is 2.49. The molecule has 0 aromatic carbocycles. The number of nitrogens with one attached hydrogen (secondary N) is 1. The van der Waals surface area contributed by atoms with Gasteiger partial charge in [0.05, 0.1) is 6.20 Å². The molecule has 0 amide bonds. The molecule has 0 radical (unpaired) electrons. The summed E-state index contributed by atoms with van der Waals surface area (Å²) < 4.78 is 0. The fourth-order valence-corrected chi connectivity index (χ4v) is 1.04. The van der Waals surface area contributed by atoms with Crippen molar-refractivity contribution in [3.8, 4) is 11.5 Å². The van der Waals surface area contributed by atoms with Crippen LogP contribution < -0.4 is 0 Å². The highest BCUT2D eigenvalue weighted by Crippen LogP contribution is 2.15. The molecule has 0 spiro atoms. The van der Waals surface area contributed by atoms with Crippen molar-refractivity contribution in [2.24, 2.45) is 0 Å². The predicted octanol–water partition coefficient (Wildman–Crippen LogP) is 1.43. The van der Waals surface area contributed by atoms with Crippen LogP contribution in [0.25, 0.3) is 11.5 Å². The number of aromatic nitrogens is 4. The van der Waals surface area contributed by atoms with E-state index in [1.54, 1.807) is 6.20 Å². The third-order valence-electron chi connectivity index (χ3n) is 1.75. The van der Waals surface area contributed by atoms with E-state index in [0.717, 1.165) is 17.3 Å². The first-order chi connectivity index (χ1) is 5.77. The highest BCUT2D eigenvalue weighted by molar-refractivity contribution is 5.48. The van der Waals surface area contributed by atoms with Crippen LogP contribution in [-0.2, 0) is 0 Å². The van der Waals surface area contributed by atoms with E-state index < -0.39 is 0 Å². The van der Waals surface area contributed by atoms with Gasteiger partial charge in [0.2, 0.25) is 0 Å². The Labute approximate surface area is 70.4 Å². The van der Waals surface area contributed by atoms with Gasteiger partial charge >= 0.3 is 0 Å². The first-order valence-electron chi connectivity index (χ1n) is 3.93. The summed E-state index contributed by atoms with van der Waals surface area (Å²) in [6.45, 7) is 4.17. The molecule has 62 valence electrons. The van der Waals surface area contributed by atoms with E-state index in [1.807, 2.05) is 0 Å². The maximum absolute atomic E-state index is 4.22. The number of fused-ring (bicyclic) bond motifs is 1. The molecule has 12 heavy (non-hydrogen) atoms. The summed E-state index contributed by atoms with van der Waals surface area (Å²) in [7, 11) is 0. The van der Waals surface area contributed by atoms with Crippen molar-refractivity contribution < 1.29 is 0 Å². The van der Waals surface area contributed by atoms with Gasteiger partial charge in [0, 0.05) is 5.92 Å². The van der Waals surface area contributed by atoms with Gasteiger partial charge in [-0.3, -0.25) is 0 Å². The van der Waals surface area contributed by atoms with Gasteiger partial charge in [-0.25, -0.2) is 15.0 Å². The van der Waals surface area contributed by atoms with Gasteiger partial charge in [0.1, 0.15) is 17.8 Å². The van der Waals surface area contributed by atoms with Crippen molar-refractivity contribution in [1.82, 2.24) is 19.9 Å². The Balaban J connectivity index is 2.54. The summed E-state index contributed by atoms with van der Waals surface area (Å²) >= 11 is 0. The van der Waals surface area contributed by atoms with Crippen LogP contribution in [-0.4, -0.2) is 19.9 Å². The quantitative estimate of drug-likeness (QED) is 0.690. The van der Waals surface area contributed by atoms with Crippen LogP contribution in [0.5, 0.6) is 0 Å². The zero-order valence-electron chi connectivity index (χ0n) is 7.07. The molecular formula is C8H10N4. The Morgan fingerprint density at radius 2 is 2.08 bits per heavy atom. The first-order valence-corrected chi connectivity index (χ1v) is 3.93. The van der Waals surface area contributed by atoms with Gasteiger partial charge in [-0.15, -0.1) is 0 Å². The van der Waals surface area contributed by atoms with E-state index in [2.05, 4.69) is 33.8 Å². The van der Waals surface area contributed by atoms with Crippen molar-refractivity contribution in [1.29, 1.82) is 0 Å². The lowest BCUT2D eigenvalue weighted by Crippen LogP contribution is -1.99. The predicted molar refractivity (Wildman–Crippen MR) is 44.9 cm³/mol. The number of hydrogen-bond acceptors (Lipinski definition) is 3. The second-order valence-corrected chi connectivity index (χ2v) is 3.03. The van der Waals surface area contributed by atoms with Gasteiger partial charge in [0.25, 0.3) is 0 Å². The Morgan fingerprint density at radius 3 is 2.83 bits per heavy atom. The van der Waals surface area contributed by atoms with Gasteiger partial charge < -0.3 is 4.98 Å². The Morgan fingerprint density at radius 1 is 1.25 bits per heavy atom. The summed E-state index contributed by atoms with van der Waals surface area (Å²) in [5, 5.41) is 0. The maximum Gasteiger partial charge on any atom is 0.160 e. The van der Waals surface area contributed by atoms with Crippen LogP contribution in [0.3, 0.4) is 0 Å². The highest BCUT2D eigenvalue weighted by atomic mass is 15.0. The van der Waals surface area contributed by atoms with Crippen molar-refractivity contribution in [2.75, 3.05) is 0 Å². The number of imidazole rings is 1. The topological polar surface area (TPSA) is 54.5 Å². The van der Waals surface area contributed by atoms with Crippen LogP contribution in [0.2, 0.25) is 0 Å². The summed E-state index contributed by atoms with van der Waals surface area (Å²) in [6, 6.07) is 0. The minimum Gasteiger partial charge on any atom is -0.326 e. The monoisotopic (exact) mass is 162 g/mol. The van der Waals surface area contributed by atoms with E-state index in [0.29, 0.717) is 5.92 Å². The number of nitrogens with zero attached hydrogens (tertiary/aromatic N) is 3. The molecule has 0 aromatic heterocycles. The molecule has 2 aliphatic heterocycles. The molecule has 2 aliphatic rings. The van der Waals surface area contributed by atoms with Gasteiger partial charge in [0.15, 0.2) is 5.82 Å². The standard InChI is InChI=1S/C8H10N4/c1-5(2)7-9-3-6-8(12-7)11-4-10-6/h3-5H,1-2H3,(H,9,10,11,12). The molecule has 0 saturated heterocycles. The molecule has 0 atom stereocenters. The molecule has 4 nitrogen and oxygen atoms in total. The van der Waals surface area contributed by atoms with Gasteiger partial charge in [-0.05, 0) is 0 Å². The zero-order chi connectivity index (χ0) is 8.55. The Bertz CT molecular complexity index is 352. The number of H-pyrrole nitrogens is 1. The first kappa shape index (κ1) is 7.21. The zero-order valence-corrected chi connectivity index (χ0v) is 7.07. The number of hydrogen-bond donors (Lipinski definition) is 1. The molecule has 0 aromatic rings. The summed E-state index contributed by atoms with van der Waals surface area (Å²) in [6.07, 6.45) is 3.28. The van der Waals surface area contributed by atoms with Crippen LogP contribution in [0.15, 0.2) is 12.5 Å². The Hall–Kier alpha value is -1.45. The van der Waals surface area contributed by atoms with E-state index in [-0.39, 0.29) is 0 Å². The van der Waals surface area contributed by atoms with Crippen LogP contribution in [0.4, 0.5) is 0 Å². The number of rotatable bonds is 1. The average molecular weight is 162 g/mol. The molecule has 2 rings (SSSR count). The van der Waals surface area contributed by atoms with Gasteiger partial charge in [-0.1, -0.05) is 13.8 Å². The molecule has 0 bridgehead atoms. The SMILES string of the molecule is CC(C)c1ncc2ncnc-2[nH]1. The van der Waals surface area contributed by atoms with Crippen LogP contribution in [0.1, 0.15) is 25.6 Å². The van der Waals surface area contributed by atoms with E-state index >= 15 is 0 Å². The fraction of sp³-hybridized carbons (Fsp3) is 0.375. The van der Waals surface area contributed by atoms with E-state index in [9.17, 15) is 0 Å². The molecule has 0 aliphatic carbocycles. The smallest absolute Gasteiger partial charge is 0.160 e. The van der Waals surface area contributed by atoms with Crippen molar-refractivity contribution in [3.63, 3.8) is 0 Å². The molecule has 2 heterocycles.